The summed E-state index contributed by atoms with van der Waals surface area (Å²) in [7, 11) is 0. The van der Waals surface area contributed by atoms with Gasteiger partial charge in [0, 0.05) is 30.3 Å². The predicted molar refractivity (Wildman–Crippen MR) is 102 cm³/mol. The molecule has 0 radical (unpaired) electrons. The van der Waals surface area contributed by atoms with Crippen LogP contribution in [0.15, 0.2) is 30.5 Å². The SMILES string of the molecule is CCOC(=O)N1CCC(NC(=O)Cn2ncc3c2-c2ccccc2OC3)CC1. The Hall–Kier alpha value is -3.03. The van der Waals surface area contributed by atoms with E-state index in [1.54, 1.807) is 22.7 Å². The highest BCUT2D eigenvalue weighted by Crippen LogP contribution is 2.36. The highest BCUT2D eigenvalue weighted by atomic mass is 16.6. The van der Waals surface area contributed by atoms with Gasteiger partial charge in [-0.2, -0.15) is 5.10 Å². The zero-order valence-corrected chi connectivity index (χ0v) is 15.9. The predicted octanol–water partition coefficient (Wildman–Crippen LogP) is 2.18. The Morgan fingerprint density at radius 3 is 2.86 bits per heavy atom. The third-order valence-electron chi connectivity index (χ3n) is 5.12. The van der Waals surface area contributed by atoms with Gasteiger partial charge in [0.25, 0.3) is 0 Å². The summed E-state index contributed by atoms with van der Waals surface area (Å²) in [6, 6.07) is 7.84. The van der Waals surface area contributed by atoms with Crippen molar-refractivity contribution in [2.24, 2.45) is 0 Å². The summed E-state index contributed by atoms with van der Waals surface area (Å²) in [5.41, 5.74) is 2.88. The van der Waals surface area contributed by atoms with Gasteiger partial charge in [-0.3, -0.25) is 9.48 Å². The molecule has 0 saturated carbocycles. The number of hydrogen-bond donors (Lipinski definition) is 1. The maximum Gasteiger partial charge on any atom is 0.409 e. The molecular weight excluding hydrogens is 360 g/mol. The number of nitrogens with one attached hydrogen (secondary N) is 1. The number of piperidine rings is 1. The standard InChI is InChI=1S/C20H24N4O4/c1-2-27-20(26)23-9-7-15(8-10-23)22-18(25)12-24-19-14(11-21-24)13-28-17-6-4-3-5-16(17)19/h3-6,11,15H,2,7-10,12-13H2,1H3,(H,22,25). The Balaban J connectivity index is 1.36. The number of rotatable bonds is 4. The minimum atomic E-state index is -0.281. The van der Waals surface area contributed by atoms with Crippen LogP contribution in [0.2, 0.25) is 0 Å². The molecule has 28 heavy (non-hydrogen) atoms. The molecule has 1 aromatic carbocycles. The number of carbonyl (C=O) groups is 2. The Labute approximate surface area is 163 Å². The number of ether oxygens (including phenoxy) is 2. The summed E-state index contributed by atoms with van der Waals surface area (Å²) in [5.74, 6) is 0.730. The molecule has 1 saturated heterocycles. The van der Waals surface area contributed by atoms with Crippen molar-refractivity contribution in [3.8, 4) is 17.0 Å². The summed E-state index contributed by atoms with van der Waals surface area (Å²) >= 11 is 0. The van der Waals surface area contributed by atoms with Gasteiger partial charge < -0.3 is 19.7 Å². The Morgan fingerprint density at radius 1 is 1.29 bits per heavy atom. The molecule has 3 heterocycles. The maximum absolute atomic E-state index is 12.6. The van der Waals surface area contributed by atoms with Crippen molar-refractivity contribution in [1.29, 1.82) is 0 Å². The number of likely N-dealkylation sites (tertiary alicyclic amines) is 1. The second-order valence-electron chi connectivity index (χ2n) is 6.99. The molecule has 0 spiro atoms. The van der Waals surface area contributed by atoms with Crippen LogP contribution in [0.3, 0.4) is 0 Å². The summed E-state index contributed by atoms with van der Waals surface area (Å²) in [5, 5.41) is 7.46. The van der Waals surface area contributed by atoms with E-state index in [1.165, 1.54) is 0 Å². The second-order valence-corrected chi connectivity index (χ2v) is 6.99. The van der Waals surface area contributed by atoms with Gasteiger partial charge in [-0.1, -0.05) is 12.1 Å². The Bertz CT molecular complexity index is 871. The molecule has 2 aliphatic heterocycles. The molecule has 1 fully saturated rings. The molecule has 2 aromatic rings. The lowest BCUT2D eigenvalue weighted by Crippen LogP contribution is -2.47. The largest absolute Gasteiger partial charge is 0.488 e. The average Bonchev–Trinajstić information content (AvgIpc) is 3.12. The zero-order valence-electron chi connectivity index (χ0n) is 15.9. The lowest BCUT2D eigenvalue weighted by Gasteiger charge is -2.31. The number of amides is 2. The van der Waals surface area contributed by atoms with E-state index < -0.39 is 0 Å². The van der Waals surface area contributed by atoms with E-state index in [9.17, 15) is 9.59 Å². The first-order valence-electron chi connectivity index (χ1n) is 9.63. The fourth-order valence-corrected chi connectivity index (χ4v) is 3.74. The fraction of sp³-hybridized carbons (Fsp3) is 0.450. The van der Waals surface area contributed by atoms with Crippen LogP contribution in [0.1, 0.15) is 25.3 Å². The van der Waals surface area contributed by atoms with Gasteiger partial charge in [0.2, 0.25) is 5.91 Å². The van der Waals surface area contributed by atoms with Gasteiger partial charge in [0.05, 0.1) is 18.5 Å². The van der Waals surface area contributed by atoms with Crippen molar-refractivity contribution in [2.75, 3.05) is 19.7 Å². The van der Waals surface area contributed by atoms with Crippen molar-refractivity contribution in [2.45, 2.75) is 39.0 Å². The summed E-state index contributed by atoms with van der Waals surface area (Å²) < 4.78 is 12.5. The second kappa shape index (κ2) is 7.92. The lowest BCUT2D eigenvalue weighted by atomic mass is 10.0. The number of para-hydroxylation sites is 1. The number of nitrogens with zero attached hydrogens (tertiary/aromatic N) is 3. The van der Waals surface area contributed by atoms with Crippen molar-refractivity contribution < 1.29 is 19.1 Å². The monoisotopic (exact) mass is 384 g/mol. The summed E-state index contributed by atoms with van der Waals surface area (Å²) in [4.78, 5) is 26.0. The molecule has 0 bridgehead atoms. The number of aromatic nitrogens is 2. The molecule has 4 rings (SSSR count). The van der Waals surface area contributed by atoms with Gasteiger partial charge >= 0.3 is 6.09 Å². The van der Waals surface area contributed by atoms with E-state index in [4.69, 9.17) is 9.47 Å². The molecule has 0 unspecified atom stereocenters. The first kappa shape index (κ1) is 18.3. The third-order valence-corrected chi connectivity index (χ3v) is 5.12. The van der Waals surface area contributed by atoms with Crippen LogP contribution < -0.4 is 10.1 Å². The quantitative estimate of drug-likeness (QED) is 0.873. The van der Waals surface area contributed by atoms with Crippen LogP contribution in [0, 0.1) is 0 Å². The smallest absolute Gasteiger partial charge is 0.409 e. The minimum Gasteiger partial charge on any atom is -0.488 e. The van der Waals surface area contributed by atoms with Crippen LogP contribution in [-0.4, -0.2) is 52.4 Å². The Kier molecular flexibility index (Phi) is 5.18. The van der Waals surface area contributed by atoms with Crippen molar-refractivity contribution in [3.63, 3.8) is 0 Å². The van der Waals surface area contributed by atoms with E-state index in [-0.39, 0.29) is 24.6 Å². The number of benzene rings is 1. The first-order chi connectivity index (χ1) is 13.7. The van der Waals surface area contributed by atoms with Crippen molar-refractivity contribution in [1.82, 2.24) is 20.0 Å². The van der Waals surface area contributed by atoms with Crippen LogP contribution >= 0.6 is 0 Å². The maximum atomic E-state index is 12.6. The van der Waals surface area contributed by atoms with E-state index in [1.807, 2.05) is 24.3 Å². The highest BCUT2D eigenvalue weighted by Gasteiger charge is 2.26. The highest BCUT2D eigenvalue weighted by molar-refractivity contribution is 5.78. The zero-order chi connectivity index (χ0) is 19.5. The molecule has 2 aliphatic rings. The molecule has 148 valence electrons. The van der Waals surface area contributed by atoms with Gasteiger partial charge in [-0.05, 0) is 31.9 Å². The van der Waals surface area contributed by atoms with Crippen LogP contribution in [0.4, 0.5) is 4.79 Å². The van der Waals surface area contributed by atoms with Gasteiger partial charge in [-0.25, -0.2) is 4.79 Å². The van der Waals surface area contributed by atoms with Crippen LogP contribution in [0.5, 0.6) is 5.75 Å². The average molecular weight is 384 g/mol. The van der Waals surface area contributed by atoms with E-state index in [2.05, 4.69) is 10.4 Å². The first-order valence-corrected chi connectivity index (χ1v) is 9.63. The molecule has 1 N–H and O–H groups in total. The van der Waals surface area contributed by atoms with Crippen LogP contribution in [0.25, 0.3) is 11.3 Å². The summed E-state index contributed by atoms with van der Waals surface area (Å²) in [6.07, 6.45) is 2.92. The van der Waals surface area contributed by atoms with Gasteiger partial charge in [0.1, 0.15) is 18.9 Å². The van der Waals surface area contributed by atoms with Crippen LogP contribution in [-0.2, 0) is 22.7 Å². The molecule has 8 nitrogen and oxygen atoms in total. The number of fused-ring (bicyclic) bond motifs is 3. The normalized spacial score (nSPS) is 16.0. The topological polar surface area (TPSA) is 85.7 Å². The van der Waals surface area contributed by atoms with Crippen molar-refractivity contribution >= 4 is 12.0 Å². The number of carbonyl (C=O) groups excluding carboxylic acids is 2. The molecule has 0 atom stereocenters. The van der Waals surface area contributed by atoms with E-state index >= 15 is 0 Å². The van der Waals surface area contributed by atoms with Gasteiger partial charge in [-0.15, -0.1) is 0 Å². The fourth-order valence-electron chi connectivity index (χ4n) is 3.74. The number of hydrogen-bond acceptors (Lipinski definition) is 5. The molecule has 1 aromatic heterocycles. The minimum absolute atomic E-state index is 0.0557. The summed E-state index contributed by atoms with van der Waals surface area (Å²) in [6.45, 7) is 3.96. The molecule has 2 amide bonds. The molecule has 8 heteroatoms. The lowest BCUT2D eigenvalue weighted by molar-refractivity contribution is -0.122. The molecular formula is C20H24N4O4. The van der Waals surface area contributed by atoms with Gasteiger partial charge in [0.15, 0.2) is 0 Å². The molecule has 0 aliphatic carbocycles. The third kappa shape index (κ3) is 3.67. The van der Waals surface area contributed by atoms with Crippen molar-refractivity contribution in [3.05, 3.63) is 36.0 Å². The Morgan fingerprint density at radius 2 is 2.07 bits per heavy atom. The van der Waals surface area contributed by atoms with E-state index in [0.717, 1.165) is 35.4 Å². The van der Waals surface area contributed by atoms with E-state index in [0.29, 0.717) is 26.3 Å².